The third kappa shape index (κ3) is 5.56. The summed E-state index contributed by atoms with van der Waals surface area (Å²) in [7, 11) is 0. The van der Waals surface area contributed by atoms with Gasteiger partial charge in [0.05, 0.1) is 18.4 Å². The Morgan fingerprint density at radius 1 is 1.22 bits per heavy atom. The smallest absolute Gasteiger partial charge is 0.248 e. The molecule has 0 bridgehead atoms. The lowest BCUT2D eigenvalue weighted by Crippen LogP contribution is -2.07. The Morgan fingerprint density at radius 3 is 2.70 bits per heavy atom. The monoisotopic (exact) mass is 379 g/mol. The van der Waals surface area contributed by atoms with E-state index in [1.165, 1.54) is 11.6 Å². The molecule has 0 unspecified atom stereocenters. The molecule has 0 atom stereocenters. The topological polar surface area (TPSA) is 46.9 Å². The van der Waals surface area contributed by atoms with Gasteiger partial charge in [0.2, 0.25) is 5.91 Å². The summed E-state index contributed by atoms with van der Waals surface area (Å²) in [5.41, 5.74) is 3.98. The van der Waals surface area contributed by atoms with Crippen LogP contribution in [0.25, 0.3) is 6.08 Å². The fourth-order valence-corrected chi connectivity index (χ4v) is 2.90. The standard InChI is InChI=1S/C22H22ClN3O/c1-16(2)19-9-6-17(7-10-19)8-11-22(27)25-21-13-24-26(15-21)14-18-4-3-5-20(23)12-18/h3-13,15-16H,14H2,1-2H3,(H,25,27)/b11-8+. The second-order valence-electron chi connectivity index (χ2n) is 6.70. The van der Waals surface area contributed by atoms with E-state index in [9.17, 15) is 4.79 Å². The molecule has 0 radical (unpaired) electrons. The van der Waals surface area contributed by atoms with Crippen molar-refractivity contribution in [2.45, 2.75) is 26.3 Å². The molecule has 3 aromatic rings. The van der Waals surface area contributed by atoms with E-state index in [2.05, 4.69) is 36.4 Å². The number of aromatic nitrogens is 2. The Bertz CT molecular complexity index is 942. The Morgan fingerprint density at radius 2 is 2.00 bits per heavy atom. The highest BCUT2D eigenvalue weighted by Crippen LogP contribution is 2.16. The zero-order chi connectivity index (χ0) is 19.2. The Labute approximate surface area is 164 Å². The van der Waals surface area contributed by atoms with Gasteiger partial charge in [-0.3, -0.25) is 9.48 Å². The molecule has 1 heterocycles. The van der Waals surface area contributed by atoms with E-state index in [4.69, 9.17) is 11.6 Å². The number of hydrogen-bond acceptors (Lipinski definition) is 2. The second-order valence-corrected chi connectivity index (χ2v) is 7.14. The van der Waals surface area contributed by atoms with Crippen LogP contribution in [-0.4, -0.2) is 15.7 Å². The number of carbonyl (C=O) groups excluding carboxylic acids is 1. The Balaban J connectivity index is 1.57. The van der Waals surface area contributed by atoms with Gasteiger partial charge in [-0.25, -0.2) is 0 Å². The molecule has 0 aliphatic heterocycles. The van der Waals surface area contributed by atoms with Gasteiger partial charge in [-0.15, -0.1) is 0 Å². The van der Waals surface area contributed by atoms with E-state index in [1.807, 2.05) is 36.4 Å². The molecule has 4 nitrogen and oxygen atoms in total. The number of rotatable bonds is 6. The van der Waals surface area contributed by atoms with Gasteiger partial charge in [0.15, 0.2) is 0 Å². The highest BCUT2D eigenvalue weighted by atomic mass is 35.5. The summed E-state index contributed by atoms with van der Waals surface area (Å²) in [5, 5.41) is 7.79. The maximum atomic E-state index is 12.1. The van der Waals surface area contributed by atoms with Gasteiger partial charge in [0.25, 0.3) is 0 Å². The third-order valence-corrected chi connectivity index (χ3v) is 4.40. The molecule has 27 heavy (non-hydrogen) atoms. The molecular weight excluding hydrogens is 358 g/mol. The molecule has 5 heteroatoms. The van der Waals surface area contributed by atoms with Crippen LogP contribution in [0.15, 0.2) is 67.0 Å². The summed E-state index contributed by atoms with van der Waals surface area (Å²) in [4.78, 5) is 12.1. The quantitative estimate of drug-likeness (QED) is 0.586. The van der Waals surface area contributed by atoms with Crippen molar-refractivity contribution in [3.05, 3.63) is 88.7 Å². The lowest BCUT2D eigenvalue weighted by atomic mass is 10.0. The largest absolute Gasteiger partial charge is 0.320 e. The van der Waals surface area contributed by atoms with Crippen LogP contribution in [0.5, 0.6) is 0 Å². The third-order valence-electron chi connectivity index (χ3n) is 4.16. The predicted octanol–water partition coefficient (Wildman–Crippen LogP) is 5.36. The fourth-order valence-electron chi connectivity index (χ4n) is 2.68. The molecule has 1 aromatic heterocycles. The van der Waals surface area contributed by atoms with Crippen molar-refractivity contribution in [2.24, 2.45) is 0 Å². The van der Waals surface area contributed by atoms with Gasteiger partial charge < -0.3 is 5.32 Å². The van der Waals surface area contributed by atoms with Crippen molar-refractivity contribution >= 4 is 29.3 Å². The minimum Gasteiger partial charge on any atom is -0.320 e. The number of halogens is 1. The molecule has 0 spiro atoms. The molecule has 0 aliphatic rings. The van der Waals surface area contributed by atoms with Gasteiger partial charge >= 0.3 is 0 Å². The number of nitrogens with zero attached hydrogens (tertiary/aromatic N) is 2. The molecule has 0 aliphatic carbocycles. The number of hydrogen-bond donors (Lipinski definition) is 1. The number of benzene rings is 2. The minimum atomic E-state index is -0.190. The van der Waals surface area contributed by atoms with Crippen LogP contribution >= 0.6 is 11.6 Å². The van der Waals surface area contributed by atoms with E-state index >= 15 is 0 Å². The first-order chi connectivity index (χ1) is 13.0. The van der Waals surface area contributed by atoms with Gasteiger partial charge in [-0.05, 0) is 40.8 Å². The first kappa shape index (κ1) is 18.9. The highest BCUT2D eigenvalue weighted by Gasteiger charge is 2.03. The summed E-state index contributed by atoms with van der Waals surface area (Å²) in [6, 6.07) is 15.8. The van der Waals surface area contributed by atoms with Crippen LogP contribution in [0.1, 0.15) is 36.5 Å². The van der Waals surface area contributed by atoms with Gasteiger partial charge in [-0.1, -0.05) is 61.8 Å². The second kappa shape index (κ2) is 8.69. The molecule has 0 saturated heterocycles. The van der Waals surface area contributed by atoms with E-state index in [0.29, 0.717) is 23.2 Å². The molecule has 138 valence electrons. The highest BCUT2D eigenvalue weighted by molar-refractivity contribution is 6.30. The van der Waals surface area contributed by atoms with Crippen molar-refractivity contribution in [3.8, 4) is 0 Å². The Hall–Kier alpha value is -2.85. The lowest BCUT2D eigenvalue weighted by molar-refractivity contribution is -0.111. The number of carbonyl (C=O) groups is 1. The van der Waals surface area contributed by atoms with Crippen molar-refractivity contribution < 1.29 is 4.79 Å². The fraction of sp³-hybridized carbons (Fsp3) is 0.182. The first-order valence-electron chi connectivity index (χ1n) is 8.85. The molecule has 0 saturated carbocycles. The first-order valence-corrected chi connectivity index (χ1v) is 9.23. The Kier molecular flexibility index (Phi) is 6.09. The van der Waals surface area contributed by atoms with Gasteiger partial charge in [-0.2, -0.15) is 5.10 Å². The predicted molar refractivity (Wildman–Crippen MR) is 111 cm³/mol. The van der Waals surface area contributed by atoms with Gasteiger partial charge in [0, 0.05) is 17.3 Å². The summed E-state index contributed by atoms with van der Waals surface area (Å²) in [6.45, 7) is 4.91. The van der Waals surface area contributed by atoms with E-state index in [0.717, 1.165) is 11.1 Å². The minimum absolute atomic E-state index is 0.190. The number of nitrogens with one attached hydrogen (secondary N) is 1. The molecule has 3 rings (SSSR count). The summed E-state index contributed by atoms with van der Waals surface area (Å²) >= 11 is 6.00. The van der Waals surface area contributed by atoms with Crippen LogP contribution < -0.4 is 5.32 Å². The zero-order valence-corrected chi connectivity index (χ0v) is 16.1. The summed E-state index contributed by atoms with van der Waals surface area (Å²) in [6.07, 6.45) is 6.76. The maximum absolute atomic E-state index is 12.1. The van der Waals surface area contributed by atoms with Crippen molar-refractivity contribution in [1.29, 1.82) is 0 Å². The molecule has 0 fully saturated rings. The maximum Gasteiger partial charge on any atom is 0.248 e. The average Bonchev–Trinajstić information content (AvgIpc) is 3.07. The van der Waals surface area contributed by atoms with Crippen LogP contribution in [0, 0.1) is 0 Å². The van der Waals surface area contributed by atoms with E-state index < -0.39 is 0 Å². The van der Waals surface area contributed by atoms with Crippen LogP contribution in [-0.2, 0) is 11.3 Å². The summed E-state index contributed by atoms with van der Waals surface area (Å²) in [5.74, 6) is 0.306. The van der Waals surface area contributed by atoms with E-state index in [-0.39, 0.29) is 5.91 Å². The molecule has 2 aromatic carbocycles. The molecular formula is C22H22ClN3O. The SMILES string of the molecule is CC(C)c1ccc(/C=C/C(=O)Nc2cnn(Cc3cccc(Cl)c3)c2)cc1. The zero-order valence-electron chi connectivity index (χ0n) is 15.4. The van der Waals surface area contributed by atoms with Crippen molar-refractivity contribution in [3.63, 3.8) is 0 Å². The molecule has 1 amide bonds. The van der Waals surface area contributed by atoms with Crippen LogP contribution in [0.4, 0.5) is 5.69 Å². The number of anilines is 1. The summed E-state index contributed by atoms with van der Waals surface area (Å²) < 4.78 is 1.76. The van der Waals surface area contributed by atoms with Crippen molar-refractivity contribution in [2.75, 3.05) is 5.32 Å². The number of amides is 1. The lowest BCUT2D eigenvalue weighted by Gasteiger charge is -2.04. The van der Waals surface area contributed by atoms with Crippen LogP contribution in [0.2, 0.25) is 5.02 Å². The van der Waals surface area contributed by atoms with E-state index in [1.54, 1.807) is 23.2 Å². The van der Waals surface area contributed by atoms with Crippen molar-refractivity contribution in [1.82, 2.24) is 9.78 Å². The van der Waals surface area contributed by atoms with Gasteiger partial charge in [0.1, 0.15) is 0 Å². The molecule has 1 N–H and O–H groups in total. The average molecular weight is 380 g/mol. The normalized spacial score (nSPS) is 11.3. The van der Waals surface area contributed by atoms with Crippen LogP contribution in [0.3, 0.4) is 0 Å².